The molecule has 0 spiro atoms. The van der Waals surface area contributed by atoms with Crippen LogP contribution >= 0.6 is 23.1 Å². The molecule has 0 aliphatic carbocycles. The molecular formula is C25H25N5O2S2. The fourth-order valence-electron chi connectivity index (χ4n) is 3.96. The average Bonchev–Trinajstić information content (AvgIpc) is 3.58. The molecule has 7 nitrogen and oxygen atoms in total. The van der Waals surface area contributed by atoms with Gasteiger partial charge in [-0.1, -0.05) is 36.0 Å². The Morgan fingerprint density at radius 1 is 0.941 bits per heavy atom. The van der Waals surface area contributed by atoms with E-state index in [1.807, 2.05) is 69.4 Å². The van der Waals surface area contributed by atoms with E-state index in [2.05, 4.69) is 27.2 Å². The summed E-state index contributed by atoms with van der Waals surface area (Å²) in [6, 6.07) is 22.2. The first-order valence-corrected chi connectivity index (χ1v) is 12.9. The van der Waals surface area contributed by atoms with Gasteiger partial charge in [-0.15, -0.1) is 21.5 Å². The lowest BCUT2D eigenvalue weighted by atomic mass is 10.2. The molecule has 1 aliphatic rings. The van der Waals surface area contributed by atoms with Gasteiger partial charge in [0.15, 0.2) is 11.0 Å². The molecule has 3 heterocycles. The molecule has 0 N–H and O–H groups in total. The molecule has 0 unspecified atom stereocenters. The Morgan fingerprint density at radius 3 is 2.38 bits per heavy atom. The highest BCUT2D eigenvalue weighted by Crippen LogP contribution is 2.30. The normalized spacial score (nSPS) is 13.8. The summed E-state index contributed by atoms with van der Waals surface area (Å²) in [6.45, 7) is 3.03. The van der Waals surface area contributed by atoms with Crippen molar-refractivity contribution in [2.45, 2.75) is 5.16 Å². The number of amides is 1. The molecule has 5 rings (SSSR count). The molecule has 1 aliphatic heterocycles. The number of piperazine rings is 1. The van der Waals surface area contributed by atoms with E-state index >= 15 is 0 Å². The van der Waals surface area contributed by atoms with Crippen LogP contribution in [0.15, 0.2) is 77.3 Å². The minimum atomic E-state index is 0.125. The van der Waals surface area contributed by atoms with Gasteiger partial charge >= 0.3 is 0 Å². The van der Waals surface area contributed by atoms with Crippen LogP contribution in [0.5, 0.6) is 5.75 Å². The number of hydrogen-bond acceptors (Lipinski definition) is 7. The number of rotatable bonds is 7. The van der Waals surface area contributed by atoms with Gasteiger partial charge in [-0.25, -0.2) is 0 Å². The third-order valence-corrected chi connectivity index (χ3v) is 7.56. The van der Waals surface area contributed by atoms with Crippen LogP contribution in [0.3, 0.4) is 0 Å². The molecular weight excluding hydrogens is 466 g/mol. The van der Waals surface area contributed by atoms with Crippen molar-refractivity contribution in [3.63, 3.8) is 0 Å². The Balaban J connectivity index is 1.24. The highest BCUT2D eigenvalue weighted by Gasteiger charge is 2.23. The standard InChI is InChI=1S/C25H25N5O2S2/c1-32-21-11-9-19(10-12-21)28-13-15-29(16-14-28)23(31)18-34-25-27-26-24(22-8-5-17-33-22)30(25)20-6-3-2-4-7-20/h2-12,17H,13-16,18H2,1H3. The van der Waals surface area contributed by atoms with Gasteiger partial charge in [0.05, 0.1) is 17.7 Å². The van der Waals surface area contributed by atoms with Crippen molar-refractivity contribution in [1.29, 1.82) is 0 Å². The monoisotopic (exact) mass is 491 g/mol. The molecule has 2 aromatic carbocycles. The number of carbonyl (C=O) groups is 1. The number of para-hydroxylation sites is 1. The fourth-order valence-corrected chi connectivity index (χ4v) is 5.52. The molecule has 34 heavy (non-hydrogen) atoms. The number of benzene rings is 2. The van der Waals surface area contributed by atoms with Crippen LogP contribution in [-0.4, -0.2) is 64.6 Å². The van der Waals surface area contributed by atoms with Crippen molar-refractivity contribution >= 4 is 34.7 Å². The maximum atomic E-state index is 13.0. The van der Waals surface area contributed by atoms with Gasteiger partial charge in [0.1, 0.15) is 5.75 Å². The third kappa shape index (κ3) is 4.80. The first-order valence-electron chi connectivity index (χ1n) is 11.1. The predicted molar refractivity (Wildman–Crippen MR) is 137 cm³/mol. The minimum absolute atomic E-state index is 0.125. The average molecular weight is 492 g/mol. The number of carbonyl (C=O) groups excluding carboxylic acids is 1. The molecule has 1 amide bonds. The van der Waals surface area contributed by atoms with Crippen molar-refractivity contribution in [3.8, 4) is 22.1 Å². The molecule has 0 saturated carbocycles. The zero-order chi connectivity index (χ0) is 23.3. The highest BCUT2D eigenvalue weighted by atomic mass is 32.2. The van der Waals surface area contributed by atoms with Crippen LogP contribution in [0.25, 0.3) is 16.4 Å². The van der Waals surface area contributed by atoms with Gasteiger partial charge in [-0.3, -0.25) is 9.36 Å². The summed E-state index contributed by atoms with van der Waals surface area (Å²) in [5, 5.41) is 11.6. The molecule has 2 aromatic heterocycles. The number of hydrogen-bond donors (Lipinski definition) is 0. The second-order valence-electron chi connectivity index (χ2n) is 7.81. The first kappa shape index (κ1) is 22.5. The summed E-state index contributed by atoms with van der Waals surface area (Å²) in [5.41, 5.74) is 2.14. The summed E-state index contributed by atoms with van der Waals surface area (Å²) in [4.78, 5) is 18.3. The Morgan fingerprint density at radius 2 is 1.71 bits per heavy atom. The van der Waals surface area contributed by atoms with E-state index in [1.165, 1.54) is 11.8 Å². The molecule has 0 radical (unpaired) electrons. The predicted octanol–water partition coefficient (Wildman–Crippen LogP) is 4.45. The van der Waals surface area contributed by atoms with E-state index < -0.39 is 0 Å². The van der Waals surface area contributed by atoms with E-state index in [4.69, 9.17) is 4.74 Å². The summed E-state index contributed by atoms with van der Waals surface area (Å²) in [6.07, 6.45) is 0. The first-order chi connectivity index (χ1) is 16.7. The molecule has 1 fully saturated rings. The van der Waals surface area contributed by atoms with E-state index in [0.717, 1.165) is 46.1 Å². The topological polar surface area (TPSA) is 63.5 Å². The van der Waals surface area contributed by atoms with Crippen LogP contribution in [0.1, 0.15) is 0 Å². The molecule has 4 aromatic rings. The van der Waals surface area contributed by atoms with Crippen molar-refractivity contribution in [1.82, 2.24) is 19.7 Å². The number of methoxy groups -OCH3 is 1. The van der Waals surface area contributed by atoms with Gasteiger partial charge in [0.2, 0.25) is 5.91 Å². The Labute approximate surface area is 207 Å². The van der Waals surface area contributed by atoms with Crippen LogP contribution in [0.4, 0.5) is 5.69 Å². The Kier molecular flexibility index (Phi) is 6.82. The number of thiophene rings is 1. The third-order valence-electron chi connectivity index (χ3n) is 5.78. The lowest BCUT2D eigenvalue weighted by molar-refractivity contribution is -0.128. The van der Waals surface area contributed by atoms with Gasteiger partial charge in [-0.05, 0) is 47.8 Å². The molecule has 0 atom stereocenters. The molecule has 174 valence electrons. The zero-order valence-electron chi connectivity index (χ0n) is 18.8. The van der Waals surface area contributed by atoms with Gasteiger partial charge in [0, 0.05) is 37.6 Å². The van der Waals surface area contributed by atoms with Crippen LogP contribution in [-0.2, 0) is 4.79 Å². The van der Waals surface area contributed by atoms with Crippen LogP contribution < -0.4 is 9.64 Å². The summed E-state index contributed by atoms with van der Waals surface area (Å²) in [7, 11) is 1.67. The van der Waals surface area contributed by atoms with E-state index in [1.54, 1.807) is 18.4 Å². The number of anilines is 1. The largest absolute Gasteiger partial charge is 0.497 e. The van der Waals surface area contributed by atoms with Crippen molar-refractivity contribution in [3.05, 3.63) is 72.1 Å². The fraction of sp³-hybridized carbons (Fsp3) is 0.240. The second-order valence-corrected chi connectivity index (χ2v) is 9.70. The smallest absolute Gasteiger partial charge is 0.233 e. The number of aromatic nitrogens is 3. The van der Waals surface area contributed by atoms with Crippen LogP contribution in [0.2, 0.25) is 0 Å². The van der Waals surface area contributed by atoms with Gasteiger partial charge in [0.25, 0.3) is 0 Å². The van der Waals surface area contributed by atoms with Crippen molar-refractivity contribution < 1.29 is 9.53 Å². The minimum Gasteiger partial charge on any atom is -0.497 e. The lowest BCUT2D eigenvalue weighted by Crippen LogP contribution is -2.49. The number of thioether (sulfide) groups is 1. The van der Waals surface area contributed by atoms with E-state index in [0.29, 0.717) is 18.8 Å². The van der Waals surface area contributed by atoms with Gasteiger partial charge in [-0.2, -0.15) is 0 Å². The summed E-state index contributed by atoms with van der Waals surface area (Å²) in [5.74, 6) is 2.10. The van der Waals surface area contributed by atoms with Crippen molar-refractivity contribution in [2.24, 2.45) is 0 Å². The SMILES string of the molecule is COc1ccc(N2CCN(C(=O)CSc3nnc(-c4cccs4)n3-c3ccccc3)CC2)cc1. The lowest BCUT2D eigenvalue weighted by Gasteiger charge is -2.36. The van der Waals surface area contributed by atoms with Gasteiger partial charge < -0.3 is 14.5 Å². The highest BCUT2D eigenvalue weighted by molar-refractivity contribution is 7.99. The zero-order valence-corrected chi connectivity index (χ0v) is 20.5. The van der Waals surface area contributed by atoms with Crippen LogP contribution in [0, 0.1) is 0 Å². The number of ether oxygens (including phenoxy) is 1. The van der Waals surface area contributed by atoms with E-state index in [-0.39, 0.29) is 5.91 Å². The molecule has 1 saturated heterocycles. The van der Waals surface area contributed by atoms with Crippen molar-refractivity contribution in [2.75, 3.05) is 43.9 Å². The second kappa shape index (κ2) is 10.3. The summed E-state index contributed by atoms with van der Waals surface area (Å²) >= 11 is 3.06. The Hall–Kier alpha value is -3.30. The Bertz CT molecular complexity index is 1220. The number of nitrogens with zero attached hydrogens (tertiary/aromatic N) is 5. The quantitative estimate of drug-likeness (QED) is 0.356. The maximum Gasteiger partial charge on any atom is 0.233 e. The maximum absolute atomic E-state index is 13.0. The van der Waals surface area contributed by atoms with E-state index in [9.17, 15) is 4.79 Å². The molecule has 0 bridgehead atoms. The summed E-state index contributed by atoms with van der Waals surface area (Å²) < 4.78 is 7.28. The molecule has 9 heteroatoms.